The molecule has 0 saturated carbocycles. The minimum Gasteiger partial charge on any atom is -0.360 e. The fraction of sp³-hybridized carbons (Fsp3) is 0.0625. The number of benzene rings is 2. The molecule has 7 heteroatoms. The molecule has 0 aromatic heterocycles. The third kappa shape index (κ3) is 5.93. The molecule has 0 bridgehead atoms. The van der Waals surface area contributed by atoms with Crippen LogP contribution in [0.3, 0.4) is 0 Å². The van der Waals surface area contributed by atoms with Gasteiger partial charge in [-0.3, -0.25) is 4.99 Å². The first-order valence-electron chi connectivity index (χ1n) is 6.56. The van der Waals surface area contributed by atoms with Crippen LogP contribution < -0.4 is 5.32 Å². The van der Waals surface area contributed by atoms with Crippen molar-refractivity contribution in [1.29, 1.82) is 0 Å². The van der Waals surface area contributed by atoms with Crippen molar-refractivity contribution in [3.8, 4) is 0 Å². The fourth-order valence-electron chi connectivity index (χ4n) is 1.61. The molecule has 23 heavy (non-hydrogen) atoms. The molecule has 2 aromatic rings. The molecule has 0 amide bonds. The Morgan fingerprint density at radius 2 is 1.52 bits per heavy atom. The maximum Gasteiger partial charge on any atom is 0.178 e. The van der Waals surface area contributed by atoms with Crippen LogP contribution in [0.2, 0.25) is 0 Å². The summed E-state index contributed by atoms with van der Waals surface area (Å²) in [7, 11) is -3.39. The molecule has 4 nitrogen and oxygen atoms in total. The number of nitrogens with zero attached hydrogens (tertiary/aromatic N) is 1. The summed E-state index contributed by atoms with van der Waals surface area (Å²) in [6, 6.07) is 14.7. The first-order valence-corrected chi connectivity index (χ1v) is 10.0. The van der Waals surface area contributed by atoms with Gasteiger partial charge in [-0.2, -0.15) is 0 Å². The number of halogens is 2. The summed E-state index contributed by atoms with van der Waals surface area (Å²) in [5.74, 6) is 0. The van der Waals surface area contributed by atoms with E-state index in [1.165, 1.54) is 12.4 Å². The van der Waals surface area contributed by atoms with E-state index in [0.29, 0.717) is 5.69 Å². The van der Waals surface area contributed by atoms with Gasteiger partial charge < -0.3 is 5.32 Å². The van der Waals surface area contributed by atoms with Gasteiger partial charge in [0.15, 0.2) is 9.84 Å². The molecule has 0 atom stereocenters. The summed E-state index contributed by atoms with van der Waals surface area (Å²) >= 11 is 6.69. The Hall–Kier alpha value is -1.44. The molecule has 0 aliphatic rings. The smallest absolute Gasteiger partial charge is 0.178 e. The van der Waals surface area contributed by atoms with E-state index >= 15 is 0 Å². The van der Waals surface area contributed by atoms with E-state index in [1.54, 1.807) is 12.1 Å². The predicted octanol–water partition coefficient (Wildman–Crippen LogP) is 4.91. The van der Waals surface area contributed by atoms with Gasteiger partial charge in [0, 0.05) is 33.3 Å². The Morgan fingerprint density at radius 1 is 1.00 bits per heavy atom. The van der Waals surface area contributed by atoms with Crippen LogP contribution in [0.25, 0.3) is 0 Å². The second-order valence-corrected chi connectivity index (χ2v) is 8.55. The van der Waals surface area contributed by atoms with Gasteiger partial charge in [-0.05, 0) is 48.5 Å². The molecule has 0 radical (unpaired) electrons. The average Bonchev–Trinajstić information content (AvgIpc) is 2.49. The van der Waals surface area contributed by atoms with E-state index in [-0.39, 0.29) is 4.91 Å². The van der Waals surface area contributed by atoms with Crippen molar-refractivity contribution in [1.82, 2.24) is 0 Å². The SMILES string of the molecule is CS(=O)(=O)C(C=Nc1ccc(Br)cc1)=CNc1ccc(Br)cc1. The first kappa shape index (κ1) is 17.9. The van der Waals surface area contributed by atoms with Crippen molar-refractivity contribution in [2.24, 2.45) is 4.99 Å². The number of sulfone groups is 1. The lowest BCUT2D eigenvalue weighted by atomic mass is 10.3. The standard InChI is InChI=1S/C16H14Br2N2O2S/c1-23(21,22)16(10-19-14-6-2-12(17)3-7-14)11-20-15-8-4-13(18)5-9-15/h2-11,19H,1H3. The molecule has 2 aromatic carbocycles. The second kappa shape index (κ2) is 7.90. The molecular weight excluding hydrogens is 444 g/mol. The summed E-state index contributed by atoms with van der Waals surface area (Å²) < 4.78 is 25.6. The third-order valence-corrected chi connectivity index (χ3v) is 4.96. The number of hydrogen-bond acceptors (Lipinski definition) is 4. The first-order chi connectivity index (χ1) is 10.8. The molecule has 0 fully saturated rings. The van der Waals surface area contributed by atoms with E-state index in [9.17, 15) is 8.42 Å². The molecule has 0 heterocycles. The molecule has 0 aliphatic carbocycles. The Labute approximate surface area is 152 Å². The maximum absolute atomic E-state index is 11.9. The minimum absolute atomic E-state index is 0.100. The predicted molar refractivity (Wildman–Crippen MR) is 103 cm³/mol. The van der Waals surface area contributed by atoms with E-state index < -0.39 is 9.84 Å². The van der Waals surface area contributed by atoms with Crippen LogP contribution in [0.4, 0.5) is 11.4 Å². The molecule has 120 valence electrons. The van der Waals surface area contributed by atoms with Crippen molar-refractivity contribution in [3.63, 3.8) is 0 Å². The zero-order valence-corrected chi connectivity index (χ0v) is 16.2. The fourth-order valence-corrected chi connectivity index (χ4v) is 2.65. The number of rotatable bonds is 5. The molecule has 2 rings (SSSR count). The summed E-state index contributed by atoms with van der Waals surface area (Å²) in [6.07, 6.45) is 3.92. The normalized spacial score (nSPS) is 12.6. The van der Waals surface area contributed by atoms with Crippen molar-refractivity contribution < 1.29 is 8.42 Å². The van der Waals surface area contributed by atoms with Gasteiger partial charge in [-0.25, -0.2) is 8.42 Å². The summed E-state index contributed by atoms with van der Waals surface area (Å²) in [6.45, 7) is 0. The molecule has 0 unspecified atom stereocenters. The number of aliphatic imine (C=N–C) groups is 1. The molecule has 0 aliphatic heterocycles. The van der Waals surface area contributed by atoms with Crippen molar-refractivity contribution in [2.45, 2.75) is 0 Å². The van der Waals surface area contributed by atoms with E-state index in [1.807, 2.05) is 36.4 Å². The zero-order chi connectivity index (χ0) is 16.9. The summed E-state index contributed by atoms with van der Waals surface area (Å²) in [5, 5.41) is 2.96. The van der Waals surface area contributed by atoms with Crippen molar-refractivity contribution in [3.05, 3.63) is 68.6 Å². The molecular formula is C16H14Br2N2O2S. The highest BCUT2D eigenvalue weighted by atomic mass is 79.9. The van der Waals surface area contributed by atoms with Crippen molar-refractivity contribution >= 4 is 59.3 Å². The van der Waals surface area contributed by atoms with Gasteiger partial charge in [0.25, 0.3) is 0 Å². The van der Waals surface area contributed by atoms with Crippen LogP contribution in [-0.2, 0) is 9.84 Å². The number of nitrogens with one attached hydrogen (secondary N) is 1. The topological polar surface area (TPSA) is 58.5 Å². The lowest BCUT2D eigenvalue weighted by Gasteiger charge is -2.03. The van der Waals surface area contributed by atoms with Crippen LogP contribution in [0, 0.1) is 0 Å². The van der Waals surface area contributed by atoms with Crippen LogP contribution in [-0.4, -0.2) is 20.9 Å². The quantitative estimate of drug-likeness (QED) is 0.648. The van der Waals surface area contributed by atoms with Gasteiger partial charge in [0.1, 0.15) is 4.91 Å². The van der Waals surface area contributed by atoms with Gasteiger partial charge in [-0.15, -0.1) is 0 Å². The molecule has 0 saturated heterocycles. The van der Waals surface area contributed by atoms with Gasteiger partial charge in [-0.1, -0.05) is 31.9 Å². The van der Waals surface area contributed by atoms with E-state index in [0.717, 1.165) is 20.9 Å². The summed E-state index contributed by atoms with van der Waals surface area (Å²) in [5.41, 5.74) is 1.46. The minimum atomic E-state index is -3.39. The van der Waals surface area contributed by atoms with Gasteiger partial charge >= 0.3 is 0 Å². The van der Waals surface area contributed by atoms with Crippen LogP contribution in [0.1, 0.15) is 0 Å². The van der Waals surface area contributed by atoms with Crippen LogP contribution in [0.15, 0.2) is 73.6 Å². The highest BCUT2D eigenvalue weighted by Crippen LogP contribution is 2.18. The molecule has 0 spiro atoms. The van der Waals surface area contributed by atoms with Gasteiger partial charge in [0.2, 0.25) is 0 Å². The van der Waals surface area contributed by atoms with Crippen molar-refractivity contribution in [2.75, 3.05) is 11.6 Å². The lowest BCUT2D eigenvalue weighted by molar-refractivity contribution is 0.609. The highest BCUT2D eigenvalue weighted by molar-refractivity contribution is 9.10. The number of anilines is 1. The Morgan fingerprint density at radius 3 is 2.04 bits per heavy atom. The Kier molecular flexibility index (Phi) is 6.15. The number of allylic oxidation sites excluding steroid dienone is 1. The Bertz CT molecular complexity index is 827. The van der Waals surface area contributed by atoms with Crippen LogP contribution in [0.5, 0.6) is 0 Å². The van der Waals surface area contributed by atoms with Gasteiger partial charge in [0.05, 0.1) is 5.69 Å². The second-order valence-electron chi connectivity index (χ2n) is 4.70. The molecule has 1 N–H and O–H groups in total. The average molecular weight is 458 g/mol. The summed E-state index contributed by atoms with van der Waals surface area (Å²) in [4.78, 5) is 4.30. The maximum atomic E-state index is 11.9. The monoisotopic (exact) mass is 456 g/mol. The third-order valence-electron chi connectivity index (χ3n) is 2.82. The highest BCUT2D eigenvalue weighted by Gasteiger charge is 2.08. The Balaban J connectivity index is 2.21. The zero-order valence-electron chi connectivity index (χ0n) is 12.2. The van der Waals surface area contributed by atoms with Crippen LogP contribution >= 0.6 is 31.9 Å². The van der Waals surface area contributed by atoms with E-state index in [4.69, 9.17) is 0 Å². The number of hydrogen-bond donors (Lipinski definition) is 1. The lowest BCUT2D eigenvalue weighted by Crippen LogP contribution is -2.05. The van der Waals surface area contributed by atoms with E-state index in [2.05, 4.69) is 42.2 Å². The largest absolute Gasteiger partial charge is 0.360 e.